The molecular weight excluding hydrogens is 216 g/mol. The fourth-order valence-corrected chi connectivity index (χ4v) is 1.61. The van der Waals surface area contributed by atoms with E-state index in [0.29, 0.717) is 12.2 Å². The van der Waals surface area contributed by atoms with Gasteiger partial charge in [0.15, 0.2) is 0 Å². The number of hydrogen-bond donors (Lipinski definition) is 1. The first-order chi connectivity index (χ1) is 8.17. The van der Waals surface area contributed by atoms with Crippen LogP contribution in [0.2, 0.25) is 0 Å². The Balaban J connectivity index is 2.29. The first-order valence-electron chi connectivity index (χ1n) is 5.54. The summed E-state index contributed by atoms with van der Waals surface area (Å²) in [4.78, 5) is 26.7. The third-order valence-corrected chi connectivity index (χ3v) is 2.41. The average Bonchev–Trinajstić information content (AvgIpc) is 2.28. The molecule has 1 N–H and O–H groups in total. The van der Waals surface area contributed by atoms with Crippen molar-refractivity contribution >= 4 is 0 Å². The van der Waals surface area contributed by atoms with Crippen LogP contribution in [0.15, 0.2) is 23.3 Å². The lowest BCUT2D eigenvalue weighted by Gasteiger charge is -2.02. The van der Waals surface area contributed by atoms with E-state index in [0.717, 1.165) is 23.5 Å². The van der Waals surface area contributed by atoms with Gasteiger partial charge in [-0.1, -0.05) is 6.92 Å². The molecule has 0 unspecified atom stereocenters. The normalized spacial score (nSPS) is 10.5. The van der Waals surface area contributed by atoms with Gasteiger partial charge in [0.05, 0.1) is 5.69 Å². The number of H-pyrrole nitrogens is 1. The van der Waals surface area contributed by atoms with Gasteiger partial charge in [-0.2, -0.15) is 0 Å². The van der Waals surface area contributed by atoms with Gasteiger partial charge < -0.3 is 4.98 Å². The number of hydrogen-bond acceptors (Lipinski definition) is 4. The van der Waals surface area contributed by atoms with E-state index < -0.39 is 0 Å². The Morgan fingerprint density at radius 1 is 1.24 bits per heavy atom. The standard InChI is InChI=1S/C12H14N4O/c1-3-9-6-12(17)16-11(15-9)5-10-4-8(2)13-7-14-10/h4,6-7H,3,5H2,1-2H3,(H,15,16,17). The quantitative estimate of drug-likeness (QED) is 0.854. The lowest BCUT2D eigenvalue weighted by molar-refractivity contribution is 0.865. The van der Waals surface area contributed by atoms with E-state index in [2.05, 4.69) is 19.9 Å². The maximum absolute atomic E-state index is 11.4. The lowest BCUT2D eigenvalue weighted by Crippen LogP contribution is -2.13. The van der Waals surface area contributed by atoms with Gasteiger partial charge in [-0.15, -0.1) is 0 Å². The van der Waals surface area contributed by atoms with Crippen molar-refractivity contribution in [2.75, 3.05) is 0 Å². The van der Waals surface area contributed by atoms with E-state index in [4.69, 9.17) is 0 Å². The molecule has 0 aliphatic rings. The molecule has 2 aromatic rings. The fourth-order valence-electron chi connectivity index (χ4n) is 1.61. The summed E-state index contributed by atoms with van der Waals surface area (Å²) in [6.45, 7) is 3.88. The van der Waals surface area contributed by atoms with Crippen LogP contribution in [0, 0.1) is 6.92 Å². The van der Waals surface area contributed by atoms with Gasteiger partial charge in [0.2, 0.25) is 0 Å². The molecule has 0 fully saturated rings. The molecule has 2 aromatic heterocycles. The molecule has 2 rings (SSSR count). The molecule has 0 bridgehead atoms. The predicted octanol–water partition coefficient (Wildman–Crippen LogP) is 1.02. The van der Waals surface area contributed by atoms with Gasteiger partial charge in [-0.05, 0) is 19.4 Å². The Hall–Kier alpha value is -2.04. The molecule has 88 valence electrons. The highest BCUT2D eigenvalue weighted by molar-refractivity contribution is 5.13. The number of aryl methyl sites for hydroxylation is 2. The van der Waals surface area contributed by atoms with Crippen molar-refractivity contribution in [1.82, 2.24) is 19.9 Å². The lowest BCUT2D eigenvalue weighted by atomic mass is 10.2. The van der Waals surface area contributed by atoms with Gasteiger partial charge in [-0.3, -0.25) is 4.79 Å². The third kappa shape index (κ3) is 2.96. The second-order valence-electron chi connectivity index (χ2n) is 3.86. The number of nitrogens with one attached hydrogen (secondary N) is 1. The fraction of sp³-hybridized carbons (Fsp3) is 0.333. The van der Waals surface area contributed by atoms with Crippen molar-refractivity contribution < 1.29 is 0 Å². The Bertz CT molecular complexity index is 577. The molecule has 0 aromatic carbocycles. The molecule has 0 saturated carbocycles. The second kappa shape index (κ2) is 4.86. The summed E-state index contributed by atoms with van der Waals surface area (Å²) in [6, 6.07) is 3.41. The van der Waals surface area contributed by atoms with Crippen molar-refractivity contribution in [2.24, 2.45) is 0 Å². The molecule has 0 amide bonds. The summed E-state index contributed by atoms with van der Waals surface area (Å²) in [7, 11) is 0. The Labute approximate surface area is 99.0 Å². The van der Waals surface area contributed by atoms with E-state index in [1.165, 1.54) is 12.4 Å². The minimum atomic E-state index is -0.113. The van der Waals surface area contributed by atoms with Crippen LogP contribution >= 0.6 is 0 Å². The highest BCUT2D eigenvalue weighted by Crippen LogP contribution is 2.03. The molecule has 0 aliphatic heterocycles. The zero-order valence-corrected chi connectivity index (χ0v) is 9.90. The first kappa shape index (κ1) is 11.4. The monoisotopic (exact) mass is 230 g/mol. The second-order valence-corrected chi connectivity index (χ2v) is 3.86. The molecule has 17 heavy (non-hydrogen) atoms. The van der Waals surface area contributed by atoms with Crippen molar-refractivity contribution in [3.05, 3.63) is 51.7 Å². The van der Waals surface area contributed by atoms with Crippen LogP contribution < -0.4 is 5.56 Å². The van der Waals surface area contributed by atoms with Gasteiger partial charge in [-0.25, -0.2) is 15.0 Å². The van der Waals surface area contributed by atoms with Crippen molar-refractivity contribution in [2.45, 2.75) is 26.7 Å². The Kier molecular flexibility index (Phi) is 3.27. The molecule has 5 nitrogen and oxygen atoms in total. The molecular formula is C12H14N4O. The third-order valence-electron chi connectivity index (χ3n) is 2.41. The summed E-state index contributed by atoms with van der Waals surface area (Å²) >= 11 is 0. The summed E-state index contributed by atoms with van der Waals surface area (Å²) in [6.07, 6.45) is 2.79. The summed E-state index contributed by atoms with van der Waals surface area (Å²) in [5.74, 6) is 0.646. The van der Waals surface area contributed by atoms with Crippen LogP contribution in [0.3, 0.4) is 0 Å². The molecule has 0 radical (unpaired) electrons. The van der Waals surface area contributed by atoms with E-state index in [1.807, 2.05) is 19.9 Å². The van der Waals surface area contributed by atoms with Gasteiger partial charge >= 0.3 is 0 Å². The number of aromatic amines is 1. The van der Waals surface area contributed by atoms with Gasteiger partial charge in [0, 0.05) is 23.9 Å². The number of aromatic nitrogens is 4. The zero-order valence-electron chi connectivity index (χ0n) is 9.90. The SMILES string of the molecule is CCc1cc(=O)[nH]c(Cc2cc(C)ncn2)n1. The van der Waals surface area contributed by atoms with Crippen LogP contribution in [-0.2, 0) is 12.8 Å². The van der Waals surface area contributed by atoms with Crippen molar-refractivity contribution in [3.8, 4) is 0 Å². The van der Waals surface area contributed by atoms with Crippen LogP contribution in [0.5, 0.6) is 0 Å². The maximum Gasteiger partial charge on any atom is 0.251 e. The van der Waals surface area contributed by atoms with Crippen molar-refractivity contribution in [1.29, 1.82) is 0 Å². The molecule has 0 saturated heterocycles. The highest BCUT2D eigenvalue weighted by Gasteiger charge is 2.03. The van der Waals surface area contributed by atoms with E-state index in [-0.39, 0.29) is 5.56 Å². The van der Waals surface area contributed by atoms with Gasteiger partial charge in [0.25, 0.3) is 5.56 Å². The minimum absolute atomic E-state index is 0.113. The van der Waals surface area contributed by atoms with E-state index in [1.54, 1.807) is 0 Å². The van der Waals surface area contributed by atoms with Gasteiger partial charge in [0.1, 0.15) is 12.2 Å². The molecule has 0 aliphatic carbocycles. The number of nitrogens with zero attached hydrogens (tertiary/aromatic N) is 3. The summed E-state index contributed by atoms with van der Waals surface area (Å²) < 4.78 is 0. The average molecular weight is 230 g/mol. The Morgan fingerprint density at radius 2 is 2.06 bits per heavy atom. The number of rotatable bonds is 3. The van der Waals surface area contributed by atoms with E-state index >= 15 is 0 Å². The van der Waals surface area contributed by atoms with Crippen LogP contribution in [-0.4, -0.2) is 19.9 Å². The van der Waals surface area contributed by atoms with Crippen LogP contribution in [0.25, 0.3) is 0 Å². The maximum atomic E-state index is 11.4. The van der Waals surface area contributed by atoms with E-state index in [9.17, 15) is 4.79 Å². The molecule has 2 heterocycles. The summed E-state index contributed by atoms with van der Waals surface area (Å²) in [5, 5.41) is 0. The first-order valence-corrected chi connectivity index (χ1v) is 5.54. The largest absolute Gasteiger partial charge is 0.310 e. The topological polar surface area (TPSA) is 71.5 Å². The molecule has 0 atom stereocenters. The smallest absolute Gasteiger partial charge is 0.251 e. The van der Waals surface area contributed by atoms with Crippen molar-refractivity contribution in [3.63, 3.8) is 0 Å². The Morgan fingerprint density at radius 3 is 2.76 bits per heavy atom. The van der Waals surface area contributed by atoms with Crippen LogP contribution in [0.1, 0.15) is 29.8 Å². The predicted molar refractivity (Wildman–Crippen MR) is 63.8 cm³/mol. The summed E-state index contributed by atoms with van der Waals surface area (Å²) in [5.41, 5.74) is 2.45. The van der Waals surface area contributed by atoms with Crippen LogP contribution in [0.4, 0.5) is 0 Å². The molecule has 0 spiro atoms. The zero-order chi connectivity index (χ0) is 12.3. The molecule has 5 heteroatoms. The minimum Gasteiger partial charge on any atom is -0.310 e. The highest BCUT2D eigenvalue weighted by atomic mass is 16.1.